The van der Waals surface area contributed by atoms with Gasteiger partial charge in [-0.15, -0.1) is 0 Å². The van der Waals surface area contributed by atoms with E-state index in [1.54, 1.807) is 6.08 Å². The molecule has 2 heterocycles. The van der Waals surface area contributed by atoms with E-state index < -0.39 is 10.0 Å². The second kappa shape index (κ2) is 8.45. The summed E-state index contributed by atoms with van der Waals surface area (Å²) < 4.78 is 28.7. The molecule has 7 heteroatoms. The summed E-state index contributed by atoms with van der Waals surface area (Å²) in [6.45, 7) is 0.685. The average Bonchev–Trinajstić information content (AvgIpc) is 3.15. The number of nitrogens with one attached hydrogen (secondary N) is 1. The average molecular weight is 424 g/mol. The lowest BCUT2D eigenvalue weighted by Gasteiger charge is -2.29. The monoisotopic (exact) mass is 423 g/mol. The summed E-state index contributed by atoms with van der Waals surface area (Å²) in [7, 11) is -1.53. The van der Waals surface area contributed by atoms with Gasteiger partial charge in [0.05, 0.1) is 5.69 Å². The molecular formula is C23H25N3O3S. The molecule has 2 aromatic carbocycles. The van der Waals surface area contributed by atoms with E-state index in [0.717, 1.165) is 22.2 Å². The second-order valence-corrected chi connectivity index (χ2v) is 9.40. The van der Waals surface area contributed by atoms with Gasteiger partial charge in [-0.05, 0) is 42.7 Å². The number of aryl methyl sites for hydroxylation is 1. The van der Waals surface area contributed by atoms with Crippen molar-refractivity contribution >= 4 is 38.6 Å². The van der Waals surface area contributed by atoms with Gasteiger partial charge in [0.1, 0.15) is 0 Å². The zero-order valence-electron chi connectivity index (χ0n) is 16.9. The molecule has 30 heavy (non-hydrogen) atoms. The van der Waals surface area contributed by atoms with Crippen LogP contribution in [0.15, 0.2) is 66.2 Å². The van der Waals surface area contributed by atoms with Crippen molar-refractivity contribution in [3.05, 3.63) is 71.8 Å². The third-order valence-corrected chi connectivity index (χ3v) is 7.17. The SMILES string of the molecule is Cn1ccc2c(NC(=O)C3CCN(S(=O)(=O)/C=C/c4ccccc4)CC3)cccc21. The van der Waals surface area contributed by atoms with Crippen LogP contribution in [0.25, 0.3) is 17.0 Å². The number of nitrogens with zero attached hydrogens (tertiary/aromatic N) is 2. The predicted octanol–water partition coefficient (Wildman–Crippen LogP) is 3.83. The van der Waals surface area contributed by atoms with Crippen LogP contribution in [0.1, 0.15) is 18.4 Å². The van der Waals surface area contributed by atoms with E-state index in [0.29, 0.717) is 25.9 Å². The lowest BCUT2D eigenvalue weighted by Crippen LogP contribution is -2.40. The van der Waals surface area contributed by atoms with Gasteiger partial charge in [0.15, 0.2) is 0 Å². The summed E-state index contributed by atoms with van der Waals surface area (Å²) in [6.07, 6.45) is 4.59. The molecule has 1 N–H and O–H groups in total. The number of benzene rings is 2. The Kier molecular flexibility index (Phi) is 5.74. The first kappa shape index (κ1) is 20.4. The van der Waals surface area contributed by atoms with Crippen LogP contribution in [0, 0.1) is 5.92 Å². The first-order valence-corrected chi connectivity index (χ1v) is 11.5. The molecule has 1 amide bonds. The highest BCUT2D eigenvalue weighted by Crippen LogP contribution is 2.27. The van der Waals surface area contributed by atoms with Gasteiger partial charge in [-0.2, -0.15) is 4.31 Å². The maximum atomic E-state index is 12.8. The fraction of sp³-hybridized carbons (Fsp3) is 0.261. The largest absolute Gasteiger partial charge is 0.350 e. The molecule has 4 rings (SSSR count). The summed E-state index contributed by atoms with van der Waals surface area (Å²) in [4.78, 5) is 12.8. The van der Waals surface area contributed by atoms with Gasteiger partial charge in [-0.3, -0.25) is 4.79 Å². The highest BCUT2D eigenvalue weighted by Gasteiger charge is 2.30. The maximum absolute atomic E-state index is 12.8. The summed E-state index contributed by atoms with van der Waals surface area (Å²) in [6, 6.07) is 17.2. The normalized spacial score (nSPS) is 16.3. The van der Waals surface area contributed by atoms with Gasteiger partial charge >= 0.3 is 0 Å². The van der Waals surface area contributed by atoms with Crippen molar-refractivity contribution in [2.45, 2.75) is 12.8 Å². The van der Waals surface area contributed by atoms with Crippen LogP contribution in [0.2, 0.25) is 0 Å². The smallest absolute Gasteiger partial charge is 0.236 e. The molecule has 1 fully saturated rings. The fourth-order valence-electron chi connectivity index (χ4n) is 3.83. The van der Waals surface area contributed by atoms with Crippen LogP contribution < -0.4 is 5.32 Å². The van der Waals surface area contributed by atoms with Crippen LogP contribution in [0.4, 0.5) is 5.69 Å². The predicted molar refractivity (Wildman–Crippen MR) is 120 cm³/mol. The quantitative estimate of drug-likeness (QED) is 0.678. The van der Waals surface area contributed by atoms with Crippen LogP contribution >= 0.6 is 0 Å². The molecule has 1 aromatic heterocycles. The van der Waals surface area contributed by atoms with Gasteiger partial charge in [0, 0.05) is 48.6 Å². The molecule has 1 aliphatic rings. The molecule has 0 saturated carbocycles. The highest BCUT2D eigenvalue weighted by atomic mass is 32.2. The topological polar surface area (TPSA) is 71.4 Å². The van der Waals surface area contributed by atoms with Gasteiger partial charge in [0.25, 0.3) is 0 Å². The van der Waals surface area contributed by atoms with Crippen molar-refractivity contribution in [1.82, 2.24) is 8.87 Å². The standard InChI is InChI=1S/C23H25N3O3S/c1-25-14-12-20-21(8-5-9-22(20)25)24-23(27)19-10-15-26(16-11-19)30(28,29)17-13-18-6-3-2-4-7-18/h2-9,12-14,17,19H,10-11,15-16H2,1H3,(H,24,27)/b17-13+. The molecule has 0 bridgehead atoms. The zero-order chi connectivity index (χ0) is 21.1. The second-order valence-electron chi connectivity index (χ2n) is 7.59. The molecule has 1 saturated heterocycles. The van der Waals surface area contributed by atoms with E-state index in [4.69, 9.17) is 0 Å². The lowest BCUT2D eigenvalue weighted by molar-refractivity contribution is -0.120. The molecule has 0 aliphatic carbocycles. The summed E-state index contributed by atoms with van der Waals surface area (Å²) in [5.74, 6) is -0.253. The van der Waals surface area contributed by atoms with E-state index in [9.17, 15) is 13.2 Å². The number of piperidine rings is 1. The van der Waals surface area contributed by atoms with Crippen molar-refractivity contribution in [1.29, 1.82) is 0 Å². The summed E-state index contributed by atoms with van der Waals surface area (Å²) in [5.41, 5.74) is 2.68. The Balaban J connectivity index is 1.38. The molecule has 6 nitrogen and oxygen atoms in total. The Hall–Kier alpha value is -2.90. The Labute approximate surface area is 176 Å². The number of carbonyl (C=O) groups excluding carboxylic acids is 1. The number of anilines is 1. The number of sulfonamides is 1. The van der Waals surface area contributed by atoms with Crippen molar-refractivity contribution < 1.29 is 13.2 Å². The number of aromatic nitrogens is 1. The summed E-state index contributed by atoms with van der Waals surface area (Å²) >= 11 is 0. The van der Waals surface area contributed by atoms with Crippen molar-refractivity contribution in [2.24, 2.45) is 13.0 Å². The Morgan fingerprint density at radius 3 is 2.50 bits per heavy atom. The molecule has 3 aromatic rings. The van der Waals surface area contributed by atoms with Gasteiger partial charge < -0.3 is 9.88 Å². The highest BCUT2D eigenvalue weighted by molar-refractivity contribution is 7.92. The minimum absolute atomic E-state index is 0.0526. The van der Waals surface area contributed by atoms with Gasteiger partial charge in [-0.1, -0.05) is 36.4 Å². The first-order chi connectivity index (χ1) is 14.4. The number of hydrogen-bond donors (Lipinski definition) is 1. The molecule has 1 aliphatic heterocycles. The zero-order valence-corrected chi connectivity index (χ0v) is 17.7. The first-order valence-electron chi connectivity index (χ1n) is 10.0. The van der Waals surface area contributed by atoms with Crippen LogP contribution in [0.5, 0.6) is 0 Å². The van der Waals surface area contributed by atoms with E-state index in [1.165, 1.54) is 9.71 Å². The number of rotatable bonds is 5. The number of hydrogen-bond acceptors (Lipinski definition) is 3. The molecular weight excluding hydrogens is 398 g/mol. The van der Waals surface area contributed by atoms with Gasteiger partial charge in [-0.25, -0.2) is 8.42 Å². The Morgan fingerprint density at radius 1 is 1.03 bits per heavy atom. The molecule has 156 valence electrons. The van der Waals surface area contributed by atoms with Crippen molar-refractivity contribution in [3.8, 4) is 0 Å². The third kappa shape index (κ3) is 4.32. The van der Waals surface area contributed by atoms with E-state index in [-0.39, 0.29) is 11.8 Å². The van der Waals surface area contributed by atoms with E-state index >= 15 is 0 Å². The molecule has 0 unspecified atom stereocenters. The minimum atomic E-state index is -3.50. The van der Waals surface area contributed by atoms with Crippen LogP contribution in [-0.4, -0.2) is 36.3 Å². The van der Waals surface area contributed by atoms with Crippen molar-refractivity contribution in [2.75, 3.05) is 18.4 Å². The number of carbonyl (C=O) groups is 1. The third-order valence-electron chi connectivity index (χ3n) is 5.60. The minimum Gasteiger partial charge on any atom is -0.350 e. The van der Waals surface area contributed by atoms with Crippen molar-refractivity contribution in [3.63, 3.8) is 0 Å². The lowest BCUT2D eigenvalue weighted by atomic mass is 9.97. The van der Waals surface area contributed by atoms with E-state index in [1.807, 2.05) is 72.4 Å². The van der Waals surface area contributed by atoms with Gasteiger partial charge in [0.2, 0.25) is 15.9 Å². The number of amides is 1. The Morgan fingerprint density at radius 2 is 1.77 bits per heavy atom. The van der Waals surface area contributed by atoms with E-state index in [2.05, 4.69) is 5.32 Å². The summed E-state index contributed by atoms with van der Waals surface area (Å²) in [5, 5.41) is 5.28. The molecule has 0 spiro atoms. The molecule has 0 radical (unpaired) electrons. The molecule has 0 atom stereocenters. The van der Waals surface area contributed by atoms with Crippen LogP contribution in [-0.2, 0) is 21.9 Å². The van der Waals surface area contributed by atoms with Crippen LogP contribution in [0.3, 0.4) is 0 Å². The fourth-order valence-corrected chi connectivity index (χ4v) is 5.05. The Bertz CT molecular complexity index is 1170. The maximum Gasteiger partial charge on any atom is 0.236 e. The number of fused-ring (bicyclic) bond motifs is 1.